The zero-order valence-electron chi connectivity index (χ0n) is 21.3. The number of aromatic nitrogens is 3. The fourth-order valence-corrected chi connectivity index (χ4v) is 5.29. The van der Waals surface area contributed by atoms with Crippen molar-refractivity contribution in [3.8, 4) is 16.8 Å². The second-order valence-corrected chi connectivity index (χ2v) is 11.4. The van der Waals surface area contributed by atoms with E-state index in [-0.39, 0.29) is 28.5 Å². The number of rotatable bonds is 9. The van der Waals surface area contributed by atoms with E-state index in [1.807, 2.05) is 6.92 Å². The molecule has 0 spiro atoms. The van der Waals surface area contributed by atoms with Gasteiger partial charge < -0.3 is 5.32 Å². The summed E-state index contributed by atoms with van der Waals surface area (Å²) in [4.78, 5) is 25.4. The summed E-state index contributed by atoms with van der Waals surface area (Å²) >= 11 is 3.44. The van der Waals surface area contributed by atoms with Gasteiger partial charge in [0, 0.05) is 27.7 Å². The highest BCUT2D eigenvalue weighted by molar-refractivity contribution is 9.10. The van der Waals surface area contributed by atoms with Crippen LogP contribution in [-0.4, -0.2) is 28.7 Å². The van der Waals surface area contributed by atoms with E-state index in [4.69, 9.17) is 5.14 Å². The van der Waals surface area contributed by atoms with Gasteiger partial charge in [0.25, 0.3) is 0 Å². The Kier molecular flexibility index (Phi) is 8.48. The van der Waals surface area contributed by atoms with Crippen molar-refractivity contribution >= 4 is 37.5 Å². The lowest BCUT2D eigenvalue weighted by molar-refractivity contribution is -0.116. The number of hydrogen-bond acceptors (Lipinski definition) is 5. The highest BCUT2D eigenvalue weighted by atomic mass is 79.9. The molecule has 204 valence electrons. The largest absolute Gasteiger partial charge is 0.351 e. The summed E-state index contributed by atoms with van der Waals surface area (Å²) in [7, 11) is -4.01. The minimum Gasteiger partial charge on any atom is -0.326 e. The summed E-state index contributed by atoms with van der Waals surface area (Å²) in [5.74, 6) is -0.383. The Morgan fingerprint density at radius 3 is 2.56 bits per heavy atom. The van der Waals surface area contributed by atoms with Crippen molar-refractivity contribution in [3.63, 3.8) is 0 Å². The van der Waals surface area contributed by atoms with Gasteiger partial charge in [0.1, 0.15) is 11.6 Å². The van der Waals surface area contributed by atoms with Crippen LogP contribution >= 0.6 is 15.9 Å². The lowest BCUT2D eigenvalue weighted by Crippen LogP contribution is -2.25. The molecule has 0 aliphatic rings. The minimum atomic E-state index is -4.01. The second-order valence-electron chi connectivity index (χ2n) is 8.99. The van der Waals surface area contributed by atoms with Crippen LogP contribution in [0, 0.1) is 12.7 Å². The number of hydrogen-bond donors (Lipinski definition) is 2. The first-order chi connectivity index (χ1) is 18.5. The van der Waals surface area contributed by atoms with E-state index in [1.165, 1.54) is 33.5 Å². The number of sulfonamides is 1. The van der Waals surface area contributed by atoms with Crippen LogP contribution < -0.4 is 16.1 Å². The topological polar surface area (TPSA) is 129 Å². The molecule has 12 heteroatoms. The van der Waals surface area contributed by atoms with E-state index in [2.05, 4.69) is 26.3 Å². The zero-order valence-corrected chi connectivity index (χ0v) is 23.7. The first-order valence-corrected chi connectivity index (χ1v) is 14.5. The van der Waals surface area contributed by atoms with Gasteiger partial charge >= 0.3 is 5.69 Å². The van der Waals surface area contributed by atoms with Gasteiger partial charge in [-0.1, -0.05) is 43.7 Å². The molecule has 1 heterocycles. The lowest BCUT2D eigenvalue weighted by atomic mass is 10.0. The Morgan fingerprint density at radius 2 is 1.87 bits per heavy atom. The Hall–Kier alpha value is -3.61. The third-order valence-corrected chi connectivity index (χ3v) is 7.79. The monoisotopic (exact) mass is 615 g/mol. The van der Waals surface area contributed by atoms with Crippen LogP contribution in [-0.2, 0) is 21.4 Å². The van der Waals surface area contributed by atoms with Crippen molar-refractivity contribution < 1.29 is 17.6 Å². The standard InChI is InChI=1S/C27H27BrFN5O4S/c1-3-4-9-26(35)31-20-12-13-22(28)24(15-20)34-27(36)33(17(2)32-34)16-19-11-10-18(14-23(19)29)21-7-5-6-8-25(21)39(30,37)38/h5-8,10-15H,3-4,9,16H2,1-2H3,(H,31,35)(H2,30,37,38). The number of amides is 1. The third-order valence-electron chi connectivity index (χ3n) is 6.15. The number of aryl methyl sites for hydroxylation is 1. The molecule has 0 aliphatic heterocycles. The maximum Gasteiger partial charge on any atom is 0.351 e. The zero-order chi connectivity index (χ0) is 28.3. The SMILES string of the molecule is CCCCC(=O)Nc1ccc(Br)c(-n2nc(C)n(Cc3ccc(-c4ccccc4S(N)(=O)=O)cc3F)c2=O)c1. The quantitative estimate of drug-likeness (QED) is 0.281. The number of primary sulfonamides is 1. The van der Waals surface area contributed by atoms with Gasteiger partial charge in [-0.05, 0) is 65.2 Å². The van der Waals surface area contributed by atoms with Crippen LogP contribution in [0.25, 0.3) is 16.8 Å². The summed E-state index contributed by atoms with van der Waals surface area (Å²) < 4.78 is 42.2. The third kappa shape index (κ3) is 6.35. The van der Waals surface area contributed by atoms with Crippen LogP contribution in [0.15, 0.2) is 74.8 Å². The summed E-state index contributed by atoms with van der Waals surface area (Å²) in [6, 6.07) is 15.4. The molecule has 1 amide bonds. The number of benzene rings is 3. The average Bonchev–Trinajstić information content (AvgIpc) is 3.17. The predicted octanol–water partition coefficient (Wildman–Crippen LogP) is 4.74. The second kappa shape index (κ2) is 11.6. The smallest absolute Gasteiger partial charge is 0.326 e. The Labute approximate surface area is 233 Å². The van der Waals surface area contributed by atoms with Crippen LogP contribution in [0.3, 0.4) is 0 Å². The summed E-state index contributed by atoms with van der Waals surface area (Å²) in [6.45, 7) is 3.54. The highest BCUT2D eigenvalue weighted by Gasteiger charge is 2.19. The van der Waals surface area contributed by atoms with Gasteiger partial charge in [0.2, 0.25) is 15.9 Å². The van der Waals surface area contributed by atoms with E-state index >= 15 is 4.39 Å². The Bertz CT molecular complexity index is 1720. The lowest BCUT2D eigenvalue weighted by Gasteiger charge is -2.10. The molecular formula is C27H27BrFN5O4S. The number of carbonyl (C=O) groups is 1. The van der Waals surface area contributed by atoms with E-state index in [0.29, 0.717) is 33.7 Å². The molecule has 0 saturated carbocycles. The van der Waals surface area contributed by atoms with E-state index in [9.17, 15) is 18.0 Å². The number of nitrogens with two attached hydrogens (primary N) is 1. The number of nitrogens with zero attached hydrogens (tertiary/aromatic N) is 3. The van der Waals surface area contributed by atoms with Crippen molar-refractivity contribution in [2.45, 2.75) is 44.6 Å². The number of nitrogens with one attached hydrogen (secondary N) is 1. The summed E-state index contributed by atoms with van der Waals surface area (Å²) in [6.07, 6.45) is 2.07. The molecule has 9 nitrogen and oxygen atoms in total. The van der Waals surface area contributed by atoms with E-state index in [1.54, 1.807) is 43.3 Å². The van der Waals surface area contributed by atoms with Gasteiger partial charge in [0.15, 0.2) is 0 Å². The van der Waals surface area contributed by atoms with Crippen LogP contribution in [0.1, 0.15) is 37.6 Å². The van der Waals surface area contributed by atoms with Gasteiger partial charge in [-0.15, -0.1) is 0 Å². The fourth-order valence-electron chi connectivity index (χ4n) is 4.11. The van der Waals surface area contributed by atoms with Gasteiger partial charge in [0.05, 0.1) is 17.1 Å². The molecule has 4 aromatic rings. The first kappa shape index (κ1) is 28.4. The minimum absolute atomic E-state index is 0.0985. The van der Waals surface area contributed by atoms with Crippen LogP contribution in [0.4, 0.5) is 10.1 Å². The van der Waals surface area contributed by atoms with E-state index in [0.717, 1.165) is 12.8 Å². The molecule has 0 bridgehead atoms. The highest BCUT2D eigenvalue weighted by Crippen LogP contribution is 2.28. The van der Waals surface area contributed by atoms with Crippen molar-refractivity contribution in [1.82, 2.24) is 14.3 Å². The van der Waals surface area contributed by atoms with Crippen molar-refractivity contribution in [3.05, 3.63) is 92.8 Å². The molecule has 0 aliphatic carbocycles. The van der Waals surface area contributed by atoms with Gasteiger partial charge in [-0.3, -0.25) is 9.36 Å². The molecule has 0 atom stereocenters. The molecule has 0 saturated heterocycles. The predicted molar refractivity (Wildman–Crippen MR) is 151 cm³/mol. The van der Waals surface area contributed by atoms with Crippen LogP contribution in [0.2, 0.25) is 0 Å². The molecular weight excluding hydrogens is 589 g/mol. The molecule has 3 N–H and O–H groups in total. The maximum atomic E-state index is 15.2. The first-order valence-electron chi connectivity index (χ1n) is 12.2. The molecule has 0 radical (unpaired) electrons. The maximum absolute atomic E-state index is 15.2. The van der Waals surface area contributed by atoms with Crippen LogP contribution in [0.5, 0.6) is 0 Å². The molecule has 0 fully saturated rings. The normalized spacial score (nSPS) is 11.5. The van der Waals surface area contributed by atoms with Crippen molar-refractivity contribution in [2.24, 2.45) is 5.14 Å². The number of halogens is 2. The molecule has 3 aromatic carbocycles. The van der Waals surface area contributed by atoms with Gasteiger partial charge in [-0.25, -0.2) is 22.7 Å². The Morgan fingerprint density at radius 1 is 1.13 bits per heavy atom. The van der Waals surface area contributed by atoms with Crippen molar-refractivity contribution in [1.29, 1.82) is 0 Å². The number of anilines is 1. The fraction of sp³-hybridized carbons (Fsp3) is 0.222. The molecule has 39 heavy (non-hydrogen) atoms. The Balaban J connectivity index is 1.64. The van der Waals surface area contributed by atoms with Gasteiger partial charge in [-0.2, -0.15) is 9.78 Å². The van der Waals surface area contributed by atoms with E-state index < -0.39 is 21.5 Å². The number of carbonyl (C=O) groups excluding carboxylic acids is 1. The molecule has 4 rings (SSSR count). The number of unbranched alkanes of at least 4 members (excludes halogenated alkanes) is 1. The average molecular weight is 617 g/mol. The molecule has 0 unspecified atom stereocenters. The summed E-state index contributed by atoms with van der Waals surface area (Å²) in [5.41, 5.74) is 1.28. The molecule has 1 aromatic heterocycles. The summed E-state index contributed by atoms with van der Waals surface area (Å²) in [5, 5.41) is 12.5. The van der Waals surface area contributed by atoms with Crippen molar-refractivity contribution in [2.75, 3.05) is 5.32 Å².